The molecule has 0 bridgehead atoms. The van der Waals surface area contributed by atoms with Crippen LogP contribution >= 0.6 is 23.4 Å². The van der Waals surface area contributed by atoms with E-state index < -0.39 is 15.6 Å². The molecule has 1 unspecified atom stereocenters. The maximum atomic E-state index is 12.4. The minimum absolute atomic E-state index is 0.224. The number of sulfonamides is 1. The van der Waals surface area contributed by atoms with Crippen molar-refractivity contribution in [3.05, 3.63) is 28.8 Å². The molecule has 0 spiro atoms. The molecular formula is C13H18ClNO3S2. The van der Waals surface area contributed by atoms with Crippen LogP contribution in [0.5, 0.6) is 0 Å². The highest BCUT2D eigenvalue weighted by Crippen LogP contribution is 2.31. The highest BCUT2D eigenvalue weighted by molar-refractivity contribution is 7.99. The third-order valence-corrected chi connectivity index (χ3v) is 6.77. The Labute approximate surface area is 129 Å². The lowest BCUT2D eigenvalue weighted by molar-refractivity contribution is 0.0179. The maximum Gasteiger partial charge on any atom is 0.240 e. The zero-order valence-corrected chi connectivity index (χ0v) is 13.9. The third-order valence-electron chi connectivity index (χ3n) is 3.59. The minimum atomic E-state index is -3.57. The van der Waals surface area contributed by atoms with Gasteiger partial charge < -0.3 is 4.74 Å². The molecule has 0 aromatic heterocycles. The van der Waals surface area contributed by atoms with Gasteiger partial charge in [-0.05, 0) is 36.8 Å². The fraction of sp³-hybridized carbons (Fsp3) is 0.538. The van der Waals surface area contributed by atoms with Crippen molar-refractivity contribution in [2.75, 3.05) is 25.2 Å². The molecule has 2 rings (SSSR count). The van der Waals surface area contributed by atoms with Gasteiger partial charge in [0.2, 0.25) is 10.0 Å². The number of benzene rings is 1. The van der Waals surface area contributed by atoms with E-state index >= 15 is 0 Å². The van der Waals surface area contributed by atoms with Gasteiger partial charge in [-0.25, -0.2) is 13.1 Å². The van der Waals surface area contributed by atoms with E-state index in [-0.39, 0.29) is 11.4 Å². The Morgan fingerprint density at radius 1 is 1.50 bits per heavy atom. The Morgan fingerprint density at radius 2 is 2.25 bits per heavy atom. The lowest BCUT2D eigenvalue weighted by Gasteiger charge is -2.26. The first-order valence-corrected chi connectivity index (χ1v) is 9.29. The quantitative estimate of drug-likeness (QED) is 0.898. The van der Waals surface area contributed by atoms with Crippen molar-refractivity contribution in [1.82, 2.24) is 4.72 Å². The van der Waals surface area contributed by atoms with E-state index in [4.69, 9.17) is 16.3 Å². The fourth-order valence-electron chi connectivity index (χ4n) is 2.14. The molecule has 1 aliphatic heterocycles. The summed E-state index contributed by atoms with van der Waals surface area (Å²) >= 11 is 7.76. The lowest BCUT2D eigenvalue weighted by atomic mass is 10.0. The van der Waals surface area contributed by atoms with Gasteiger partial charge in [-0.15, -0.1) is 0 Å². The summed E-state index contributed by atoms with van der Waals surface area (Å²) in [6.07, 6.45) is 0.852. The number of hydrogen-bond donors (Lipinski definition) is 1. The Morgan fingerprint density at radius 3 is 2.85 bits per heavy atom. The summed E-state index contributed by atoms with van der Waals surface area (Å²) in [4.78, 5) is 0.224. The van der Waals surface area contributed by atoms with E-state index in [1.165, 1.54) is 0 Å². The first-order chi connectivity index (χ1) is 9.40. The maximum absolute atomic E-state index is 12.4. The largest absolute Gasteiger partial charge is 0.376 e. The van der Waals surface area contributed by atoms with Gasteiger partial charge in [-0.3, -0.25) is 0 Å². The second-order valence-electron chi connectivity index (χ2n) is 4.88. The molecule has 1 N–H and O–H groups in total. The van der Waals surface area contributed by atoms with Gasteiger partial charge in [0.1, 0.15) is 0 Å². The second-order valence-corrected chi connectivity index (χ2v) is 8.12. The van der Waals surface area contributed by atoms with Crippen LogP contribution < -0.4 is 4.72 Å². The van der Waals surface area contributed by atoms with E-state index in [2.05, 4.69) is 4.72 Å². The second kappa shape index (κ2) is 6.23. The van der Waals surface area contributed by atoms with Gasteiger partial charge in [0.25, 0.3) is 0 Å². The van der Waals surface area contributed by atoms with Gasteiger partial charge in [-0.2, -0.15) is 11.8 Å². The smallest absolute Gasteiger partial charge is 0.240 e. The van der Waals surface area contributed by atoms with Crippen molar-refractivity contribution in [1.29, 1.82) is 0 Å². The average molecular weight is 336 g/mol. The monoisotopic (exact) mass is 335 g/mol. The number of halogens is 1. The van der Waals surface area contributed by atoms with E-state index in [0.717, 1.165) is 17.9 Å². The first kappa shape index (κ1) is 16.1. The Hall–Kier alpha value is -0.270. The average Bonchev–Trinajstić information content (AvgIpc) is 2.89. The van der Waals surface area contributed by atoms with Gasteiger partial charge in [0.15, 0.2) is 0 Å². The van der Waals surface area contributed by atoms with Crippen LogP contribution in [0.25, 0.3) is 0 Å². The van der Waals surface area contributed by atoms with E-state index in [1.54, 1.807) is 44.0 Å². The molecule has 1 atom stereocenters. The van der Waals surface area contributed by atoms with Crippen LogP contribution in [0.2, 0.25) is 5.02 Å². The highest BCUT2D eigenvalue weighted by atomic mass is 35.5. The van der Waals surface area contributed by atoms with Crippen molar-refractivity contribution in [3.63, 3.8) is 0 Å². The highest BCUT2D eigenvalue weighted by Gasteiger charge is 2.35. The summed E-state index contributed by atoms with van der Waals surface area (Å²) in [5, 5.41) is 0.450. The molecule has 1 fully saturated rings. The third kappa shape index (κ3) is 3.31. The molecular weight excluding hydrogens is 318 g/mol. The van der Waals surface area contributed by atoms with Crippen LogP contribution in [-0.2, 0) is 14.8 Å². The van der Waals surface area contributed by atoms with Crippen LogP contribution in [-0.4, -0.2) is 39.2 Å². The predicted molar refractivity (Wildman–Crippen MR) is 83.1 cm³/mol. The van der Waals surface area contributed by atoms with Crippen molar-refractivity contribution in [2.45, 2.75) is 23.8 Å². The Balaban J connectivity index is 2.17. The molecule has 4 nitrogen and oxygen atoms in total. The number of methoxy groups -OCH3 is 1. The van der Waals surface area contributed by atoms with Crippen LogP contribution in [0, 0.1) is 6.92 Å². The molecule has 112 valence electrons. The summed E-state index contributed by atoms with van der Waals surface area (Å²) in [6, 6.07) is 4.88. The molecule has 1 aromatic rings. The SMILES string of the molecule is COC1(CNS(=O)(=O)c2cccc(Cl)c2C)CCSC1. The molecule has 0 amide bonds. The zero-order valence-electron chi connectivity index (χ0n) is 11.5. The molecule has 20 heavy (non-hydrogen) atoms. The molecule has 0 aliphatic carbocycles. The van der Waals surface area contributed by atoms with E-state index in [0.29, 0.717) is 10.6 Å². The number of thioether (sulfide) groups is 1. The van der Waals surface area contributed by atoms with Crippen molar-refractivity contribution < 1.29 is 13.2 Å². The van der Waals surface area contributed by atoms with Crippen LogP contribution in [0.4, 0.5) is 0 Å². The Kier molecular flexibility index (Phi) is 5.02. The standard InChI is InChI=1S/C13H18ClNO3S2/c1-10-11(14)4-3-5-12(10)20(16,17)15-8-13(18-2)6-7-19-9-13/h3-5,15H,6-9H2,1-2H3. The zero-order chi connectivity index (χ0) is 14.8. The topological polar surface area (TPSA) is 55.4 Å². The Bertz CT molecular complexity index is 583. The minimum Gasteiger partial charge on any atom is -0.376 e. The van der Waals surface area contributed by atoms with E-state index in [9.17, 15) is 8.42 Å². The molecule has 1 aliphatic rings. The van der Waals surface area contributed by atoms with Crippen LogP contribution in [0.15, 0.2) is 23.1 Å². The van der Waals surface area contributed by atoms with Gasteiger partial charge in [0.05, 0.1) is 10.5 Å². The van der Waals surface area contributed by atoms with Gasteiger partial charge in [0, 0.05) is 24.4 Å². The number of hydrogen-bond acceptors (Lipinski definition) is 4. The lowest BCUT2D eigenvalue weighted by Crippen LogP contribution is -2.44. The molecule has 1 saturated heterocycles. The van der Waals surface area contributed by atoms with Gasteiger partial charge in [-0.1, -0.05) is 17.7 Å². The number of rotatable bonds is 5. The normalized spacial score (nSPS) is 23.1. The molecule has 0 saturated carbocycles. The summed E-state index contributed by atoms with van der Waals surface area (Å²) in [5.74, 6) is 1.80. The summed E-state index contributed by atoms with van der Waals surface area (Å²) in [5.41, 5.74) is 0.165. The molecule has 0 radical (unpaired) electrons. The fourth-order valence-corrected chi connectivity index (χ4v) is 5.15. The first-order valence-electron chi connectivity index (χ1n) is 6.28. The molecule has 1 heterocycles. The molecule has 7 heteroatoms. The van der Waals surface area contributed by atoms with Crippen molar-refractivity contribution in [2.24, 2.45) is 0 Å². The number of ether oxygens (including phenoxy) is 1. The van der Waals surface area contributed by atoms with Crippen molar-refractivity contribution >= 4 is 33.4 Å². The summed E-state index contributed by atoms with van der Waals surface area (Å²) in [7, 11) is -1.94. The number of nitrogens with one attached hydrogen (secondary N) is 1. The van der Waals surface area contributed by atoms with Crippen LogP contribution in [0.3, 0.4) is 0 Å². The van der Waals surface area contributed by atoms with Crippen LogP contribution in [0.1, 0.15) is 12.0 Å². The summed E-state index contributed by atoms with van der Waals surface area (Å²) in [6.45, 7) is 1.99. The predicted octanol–water partition coefficient (Wildman–Crippen LogP) is 2.45. The summed E-state index contributed by atoms with van der Waals surface area (Å²) < 4.78 is 32.9. The van der Waals surface area contributed by atoms with Gasteiger partial charge >= 0.3 is 0 Å². The van der Waals surface area contributed by atoms with Crippen molar-refractivity contribution in [3.8, 4) is 0 Å². The molecule has 1 aromatic carbocycles. The van der Waals surface area contributed by atoms with E-state index in [1.807, 2.05) is 0 Å².